The number of nitrogens with one attached hydrogen (secondary N) is 1. The maximum Gasteiger partial charge on any atom is 0.250 e. The number of aliphatic hydroxyl groups excluding tert-OH is 3. The number of pyridine rings is 1. The number of ether oxygens (including phenoxy) is 1. The Morgan fingerprint density at radius 3 is 2.65 bits per heavy atom. The summed E-state index contributed by atoms with van der Waals surface area (Å²) >= 11 is 0. The van der Waals surface area contributed by atoms with E-state index in [1.165, 1.54) is 6.20 Å². The van der Waals surface area contributed by atoms with Crippen molar-refractivity contribution in [2.75, 3.05) is 6.61 Å². The molecular weight excluding hydrogens is 226 g/mol. The van der Waals surface area contributed by atoms with Crippen LogP contribution in [-0.2, 0) is 4.74 Å². The summed E-state index contributed by atoms with van der Waals surface area (Å²) in [7, 11) is 0. The summed E-state index contributed by atoms with van der Waals surface area (Å²) in [6.07, 6.45) is -2.34. The van der Waals surface area contributed by atoms with Gasteiger partial charge in [-0.05, 0) is 13.0 Å². The van der Waals surface area contributed by atoms with E-state index in [-0.39, 0.29) is 12.2 Å². The average Bonchev–Trinajstić information content (AvgIpc) is 2.60. The molecule has 2 heterocycles. The number of rotatable bonds is 2. The molecule has 2 rings (SSSR count). The van der Waals surface area contributed by atoms with Gasteiger partial charge in [-0.2, -0.15) is 0 Å². The zero-order valence-corrected chi connectivity index (χ0v) is 9.33. The minimum Gasteiger partial charge on any atom is -0.394 e. The molecule has 1 aromatic heterocycles. The minimum absolute atomic E-state index is 0.208. The van der Waals surface area contributed by atoms with Gasteiger partial charge < -0.3 is 25.0 Å². The van der Waals surface area contributed by atoms with E-state index < -0.39 is 24.4 Å². The van der Waals surface area contributed by atoms with Crippen LogP contribution in [0.15, 0.2) is 17.1 Å². The molecule has 6 nitrogen and oxygen atoms in total. The third kappa shape index (κ3) is 2.12. The molecule has 1 aliphatic rings. The van der Waals surface area contributed by atoms with Gasteiger partial charge in [0.15, 0.2) is 0 Å². The van der Waals surface area contributed by atoms with Crippen LogP contribution in [-0.4, -0.2) is 45.2 Å². The predicted octanol–water partition coefficient (Wildman–Crippen LogP) is -1.16. The summed E-state index contributed by atoms with van der Waals surface area (Å²) < 4.78 is 5.34. The van der Waals surface area contributed by atoms with Crippen LogP contribution in [0.1, 0.15) is 17.2 Å². The summed E-state index contributed by atoms with van der Waals surface area (Å²) in [4.78, 5) is 13.7. The van der Waals surface area contributed by atoms with E-state index in [0.29, 0.717) is 11.1 Å². The Morgan fingerprint density at radius 2 is 2.12 bits per heavy atom. The molecule has 4 N–H and O–H groups in total. The summed E-state index contributed by atoms with van der Waals surface area (Å²) in [5.74, 6) is 0. The molecule has 0 amide bonds. The molecule has 0 spiro atoms. The number of aryl methyl sites for hydroxylation is 1. The lowest BCUT2D eigenvalue weighted by Crippen LogP contribution is -2.32. The first-order valence-corrected chi connectivity index (χ1v) is 5.36. The molecule has 1 fully saturated rings. The normalized spacial score (nSPS) is 32.9. The Bertz CT molecular complexity index is 457. The van der Waals surface area contributed by atoms with Crippen molar-refractivity contribution in [3.05, 3.63) is 33.7 Å². The Balaban J connectivity index is 2.28. The number of aliphatic hydroxyl groups is 3. The van der Waals surface area contributed by atoms with Crippen molar-refractivity contribution in [2.45, 2.75) is 31.3 Å². The molecule has 0 unspecified atom stereocenters. The summed E-state index contributed by atoms with van der Waals surface area (Å²) in [6.45, 7) is 1.28. The first-order valence-electron chi connectivity index (χ1n) is 5.36. The quantitative estimate of drug-likeness (QED) is 0.523. The fraction of sp³-hybridized carbons (Fsp3) is 0.545. The highest BCUT2D eigenvalue weighted by atomic mass is 16.6. The fourth-order valence-electron chi connectivity index (χ4n) is 1.96. The van der Waals surface area contributed by atoms with Gasteiger partial charge in [0.05, 0.1) is 6.61 Å². The van der Waals surface area contributed by atoms with E-state index in [2.05, 4.69) is 4.98 Å². The summed E-state index contributed by atoms with van der Waals surface area (Å²) in [5, 5.41) is 28.4. The van der Waals surface area contributed by atoms with Gasteiger partial charge in [-0.25, -0.2) is 0 Å². The molecule has 17 heavy (non-hydrogen) atoms. The smallest absolute Gasteiger partial charge is 0.250 e. The number of hydrogen-bond donors (Lipinski definition) is 4. The van der Waals surface area contributed by atoms with Gasteiger partial charge in [0.2, 0.25) is 0 Å². The predicted molar refractivity (Wildman–Crippen MR) is 58.5 cm³/mol. The third-order valence-corrected chi connectivity index (χ3v) is 2.98. The van der Waals surface area contributed by atoms with E-state index in [0.717, 1.165) is 0 Å². The van der Waals surface area contributed by atoms with Crippen LogP contribution in [0.4, 0.5) is 0 Å². The molecule has 1 aromatic rings. The topological polar surface area (TPSA) is 103 Å². The molecule has 1 aliphatic heterocycles. The molecule has 0 aromatic carbocycles. The second-order valence-electron chi connectivity index (χ2n) is 4.20. The van der Waals surface area contributed by atoms with Gasteiger partial charge in [0.25, 0.3) is 5.56 Å². The van der Waals surface area contributed by atoms with Gasteiger partial charge in [0, 0.05) is 17.3 Å². The number of H-pyrrole nitrogens is 1. The maximum absolute atomic E-state index is 11.2. The van der Waals surface area contributed by atoms with Crippen molar-refractivity contribution in [3.8, 4) is 0 Å². The maximum atomic E-state index is 11.2. The number of aromatic amines is 1. The van der Waals surface area contributed by atoms with Crippen molar-refractivity contribution in [1.29, 1.82) is 0 Å². The van der Waals surface area contributed by atoms with Crippen molar-refractivity contribution in [2.24, 2.45) is 0 Å². The van der Waals surface area contributed by atoms with E-state index in [1.807, 2.05) is 0 Å². The fourth-order valence-corrected chi connectivity index (χ4v) is 1.96. The van der Waals surface area contributed by atoms with Crippen LogP contribution >= 0.6 is 0 Å². The van der Waals surface area contributed by atoms with Gasteiger partial charge in [-0.3, -0.25) is 4.79 Å². The Hall–Kier alpha value is -1.21. The van der Waals surface area contributed by atoms with Crippen LogP contribution < -0.4 is 5.56 Å². The molecule has 0 radical (unpaired) electrons. The second-order valence-corrected chi connectivity index (χ2v) is 4.20. The second kappa shape index (κ2) is 4.58. The van der Waals surface area contributed by atoms with Crippen molar-refractivity contribution >= 4 is 0 Å². The molecular formula is C11H15NO5. The molecule has 94 valence electrons. The monoisotopic (exact) mass is 241 g/mol. The van der Waals surface area contributed by atoms with Crippen LogP contribution in [0.25, 0.3) is 0 Å². The third-order valence-electron chi connectivity index (χ3n) is 2.98. The van der Waals surface area contributed by atoms with Crippen LogP contribution in [0.2, 0.25) is 0 Å². The van der Waals surface area contributed by atoms with E-state index in [1.54, 1.807) is 13.0 Å². The van der Waals surface area contributed by atoms with Crippen molar-refractivity contribution in [3.63, 3.8) is 0 Å². The standard InChI is InChI=1S/C11H15NO5/c1-5-2-6(3-12-11(5)16)10-9(15)8(14)7(4-13)17-10/h2-3,7-10,13-15H,4H2,1H3,(H,12,16)/t7-,8+,9+,10+/m1/s1. The highest BCUT2D eigenvalue weighted by Gasteiger charge is 2.43. The van der Waals surface area contributed by atoms with Crippen molar-refractivity contribution < 1.29 is 20.1 Å². The van der Waals surface area contributed by atoms with E-state index >= 15 is 0 Å². The Labute approximate surface area is 97.5 Å². The van der Waals surface area contributed by atoms with Gasteiger partial charge >= 0.3 is 0 Å². The highest BCUT2D eigenvalue weighted by molar-refractivity contribution is 5.22. The van der Waals surface area contributed by atoms with E-state index in [9.17, 15) is 15.0 Å². The molecule has 0 bridgehead atoms. The molecule has 4 atom stereocenters. The lowest BCUT2D eigenvalue weighted by molar-refractivity contribution is -0.0228. The van der Waals surface area contributed by atoms with Gasteiger partial charge in [-0.15, -0.1) is 0 Å². The number of hydrogen-bond acceptors (Lipinski definition) is 5. The Kier molecular flexibility index (Phi) is 3.30. The first-order chi connectivity index (χ1) is 8.04. The number of aromatic nitrogens is 1. The average molecular weight is 241 g/mol. The lowest BCUT2D eigenvalue weighted by Gasteiger charge is -2.14. The highest BCUT2D eigenvalue weighted by Crippen LogP contribution is 2.32. The lowest BCUT2D eigenvalue weighted by atomic mass is 10.0. The molecule has 6 heteroatoms. The zero-order valence-electron chi connectivity index (χ0n) is 9.33. The van der Waals surface area contributed by atoms with Crippen LogP contribution in [0.3, 0.4) is 0 Å². The van der Waals surface area contributed by atoms with Crippen LogP contribution in [0.5, 0.6) is 0 Å². The zero-order chi connectivity index (χ0) is 12.6. The summed E-state index contributed by atoms with van der Waals surface area (Å²) in [5.41, 5.74) is 0.866. The van der Waals surface area contributed by atoms with Crippen molar-refractivity contribution in [1.82, 2.24) is 4.98 Å². The summed E-state index contributed by atoms with van der Waals surface area (Å²) in [6, 6.07) is 1.60. The molecule has 0 saturated carbocycles. The minimum atomic E-state index is -1.13. The molecule has 1 saturated heterocycles. The van der Waals surface area contributed by atoms with Gasteiger partial charge in [0.1, 0.15) is 24.4 Å². The SMILES string of the molecule is Cc1cc([C@@H]2O[C@H](CO)[C@H](O)[C@@H]2O)c[nH]c1=O. The molecule has 0 aliphatic carbocycles. The first kappa shape index (κ1) is 12.3. The Morgan fingerprint density at radius 1 is 1.41 bits per heavy atom. The van der Waals surface area contributed by atoms with E-state index in [4.69, 9.17) is 9.84 Å². The van der Waals surface area contributed by atoms with Gasteiger partial charge in [-0.1, -0.05) is 0 Å². The van der Waals surface area contributed by atoms with Crippen LogP contribution in [0, 0.1) is 6.92 Å². The largest absolute Gasteiger partial charge is 0.394 e.